The number of carboxylic acid groups (broad SMARTS) is 1. The lowest BCUT2D eigenvalue weighted by atomic mass is 10.4. The van der Waals surface area contributed by atoms with Crippen molar-refractivity contribution in [2.45, 2.75) is 13.5 Å². The molecular formula is C9H11NO2. The Labute approximate surface area is 70.9 Å². The van der Waals surface area contributed by atoms with Crippen molar-refractivity contribution in [1.29, 1.82) is 0 Å². The molecule has 0 saturated carbocycles. The summed E-state index contributed by atoms with van der Waals surface area (Å²) in [5, 5.41) is 8.71. The van der Waals surface area contributed by atoms with Gasteiger partial charge in [0.2, 0.25) is 0 Å². The molecule has 0 fully saturated rings. The highest BCUT2D eigenvalue weighted by Gasteiger charge is 2.05. The summed E-state index contributed by atoms with van der Waals surface area (Å²) in [5.41, 5.74) is 0.327. The number of aromatic nitrogens is 1. The molecule has 0 bridgehead atoms. The highest BCUT2D eigenvalue weighted by molar-refractivity contribution is 5.85. The summed E-state index contributed by atoms with van der Waals surface area (Å²) >= 11 is 0. The van der Waals surface area contributed by atoms with Crippen LogP contribution in [-0.4, -0.2) is 15.6 Å². The van der Waals surface area contributed by atoms with Gasteiger partial charge in [-0.3, -0.25) is 0 Å². The van der Waals surface area contributed by atoms with E-state index in [2.05, 4.69) is 0 Å². The smallest absolute Gasteiger partial charge is 0.352 e. The molecule has 0 aliphatic rings. The Balaban J connectivity index is 2.84. The number of nitrogens with zero attached hydrogens (tertiary/aromatic N) is 1. The molecule has 0 saturated heterocycles. The van der Waals surface area contributed by atoms with Gasteiger partial charge in [-0.2, -0.15) is 0 Å². The lowest BCUT2D eigenvalue weighted by Crippen LogP contribution is -2.06. The van der Waals surface area contributed by atoms with Crippen LogP contribution in [0.1, 0.15) is 17.4 Å². The third-order valence-corrected chi connectivity index (χ3v) is 1.59. The van der Waals surface area contributed by atoms with Crippen LogP contribution in [0.5, 0.6) is 0 Å². The first-order valence-electron chi connectivity index (χ1n) is 3.75. The molecule has 0 atom stereocenters. The number of allylic oxidation sites excluding steroid dienone is 2. The largest absolute Gasteiger partial charge is 0.477 e. The van der Waals surface area contributed by atoms with Gasteiger partial charge in [-0.15, -0.1) is 0 Å². The van der Waals surface area contributed by atoms with Gasteiger partial charge in [0.25, 0.3) is 0 Å². The summed E-state index contributed by atoms with van der Waals surface area (Å²) in [5.74, 6) is -0.885. The molecule has 1 N–H and O–H groups in total. The first kappa shape index (κ1) is 8.59. The third kappa shape index (κ3) is 1.75. The van der Waals surface area contributed by atoms with Crippen LogP contribution in [0.25, 0.3) is 0 Å². The monoisotopic (exact) mass is 165 g/mol. The Bertz CT molecular complexity index is 299. The molecule has 0 aliphatic carbocycles. The Morgan fingerprint density at radius 1 is 1.75 bits per heavy atom. The van der Waals surface area contributed by atoms with Gasteiger partial charge in [0.15, 0.2) is 0 Å². The number of hydrogen-bond donors (Lipinski definition) is 1. The minimum Gasteiger partial charge on any atom is -0.477 e. The fourth-order valence-corrected chi connectivity index (χ4v) is 0.986. The Kier molecular flexibility index (Phi) is 2.69. The van der Waals surface area contributed by atoms with Crippen LogP contribution in [-0.2, 0) is 6.54 Å². The SMILES string of the molecule is CC=CCn1cccc1C(=O)O. The van der Waals surface area contributed by atoms with Crippen LogP contribution >= 0.6 is 0 Å². The van der Waals surface area contributed by atoms with E-state index in [-0.39, 0.29) is 0 Å². The summed E-state index contributed by atoms with van der Waals surface area (Å²) in [4.78, 5) is 10.6. The van der Waals surface area contributed by atoms with Crippen molar-refractivity contribution in [3.05, 3.63) is 36.2 Å². The van der Waals surface area contributed by atoms with E-state index in [1.165, 1.54) is 0 Å². The molecule has 1 rings (SSSR count). The van der Waals surface area contributed by atoms with E-state index >= 15 is 0 Å². The molecule has 12 heavy (non-hydrogen) atoms. The van der Waals surface area contributed by atoms with E-state index in [0.29, 0.717) is 12.2 Å². The summed E-state index contributed by atoms with van der Waals surface area (Å²) in [6.07, 6.45) is 5.56. The van der Waals surface area contributed by atoms with Crippen molar-refractivity contribution >= 4 is 5.97 Å². The Hall–Kier alpha value is -1.51. The molecule has 0 aliphatic heterocycles. The number of carbonyl (C=O) groups is 1. The first-order valence-corrected chi connectivity index (χ1v) is 3.75. The van der Waals surface area contributed by atoms with Crippen LogP contribution < -0.4 is 0 Å². The van der Waals surface area contributed by atoms with E-state index in [1.54, 1.807) is 22.9 Å². The predicted octanol–water partition coefficient (Wildman–Crippen LogP) is 1.76. The number of rotatable bonds is 3. The Morgan fingerprint density at radius 2 is 2.50 bits per heavy atom. The van der Waals surface area contributed by atoms with Gasteiger partial charge < -0.3 is 9.67 Å². The number of hydrogen-bond acceptors (Lipinski definition) is 1. The maximum atomic E-state index is 10.6. The van der Waals surface area contributed by atoms with Crippen molar-refractivity contribution in [3.8, 4) is 0 Å². The van der Waals surface area contributed by atoms with Crippen molar-refractivity contribution in [2.24, 2.45) is 0 Å². The minimum atomic E-state index is -0.885. The lowest BCUT2D eigenvalue weighted by Gasteiger charge is -2.00. The Morgan fingerprint density at radius 3 is 3.08 bits per heavy atom. The van der Waals surface area contributed by atoms with Crippen molar-refractivity contribution in [1.82, 2.24) is 4.57 Å². The topological polar surface area (TPSA) is 42.2 Å². The molecule has 0 spiro atoms. The zero-order valence-electron chi connectivity index (χ0n) is 6.90. The van der Waals surface area contributed by atoms with Crippen LogP contribution in [0.2, 0.25) is 0 Å². The molecule has 0 unspecified atom stereocenters. The van der Waals surface area contributed by atoms with Crippen molar-refractivity contribution < 1.29 is 9.90 Å². The normalized spacial score (nSPS) is 10.8. The van der Waals surface area contributed by atoms with Gasteiger partial charge in [0.05, 0.1) is 0 Å². The fourth-order valence-electron chi connectivity index (χ4n) is 0.986. The van der Waals surface area contributed by atoms with Gasteiger partial charge in [-0.1, -0.05) is 12.2 Å². The van der Waals surface area contributed by atoms with Gasteiger partial charge in [0, 0.05) is 12.7 Å². The molecule has 3 heteroatoms. The minimum absolute atomic E-state index is 0.327. The van der Waals surface area contributed by atoms with Crippen LogP contribution in [0.4, 0.5) is 0 Å². The quantitative estimate of drug-likeness (QED) is 0.693. The molecule has 0 aromatic carbocycles. The van der Waals surface area contributed by atoms with Gasteiger partial charge >= 0.3 is 5.97 Å². The average molecular weight is 165 g/mol. The second-order valence-electron chi connectivity index (χ2n) is 2.42. The summed E-state index contributed by atoms with van der Waals surface area (Å²) in [7, 11) is 0. The van der Waals surface area contributed by atoms with Gasteiger partial charge in [-0.25, -0.2) is 4.79 Å². The van der Waals surface area contributed by atoms with Crippen molar-refractivity contribution in [2.75, 3.05) is 0 Å². The van der Waals surface area contributed by atoms with E-state index < -0.39 is 5.97 Å². The molecule has 64 valence electrons. The highest BCUT2D eigenvalue weighted by Crippen LogP contribution is 2.01. The predicted molar refractivity (Wildman–Crippen MR) is 46.2 cm³/mol. The van der Waals surface area contributed by atoms with E-state index in [0.717, 1.165) is 0 Å². The molecular weight excluding hydrogens is 154 g/mol. The molecule has 0 amide bonds. The molecule has 1 aromatic heterocycles. The van der Waals surface area contributed by atoms with Crippen LogP contribution in [0.3, 0.4) is 0 Å². The van der Waals surface area contributed by atoms with Crippen LogP contribution in [0, 0.1) is 0 Å². The molecule has 3 nitrogen and oxygen atoms in total. The molecule has 1 heterocycles. The van der Waals surface area contributed by atoms with Gasteiger partial charge in [-0.05, 0) is 19.1 Å². The van der Waals surface area contributed by atoms with Crippen LogP contribution in [0.15, 0.2) is 30.5 Å². The van der Waals surface area contributed by atoms with Gasteiger partial charge in [0.1, 0.15) is 5.69 Å². The maximum Gasteiger partial charge on any atom is 0.352 e. The zero-order chi connectivity index (χ0) is 8.97. The van der Waals surface area contributed by atoms with Crippen molar-refractivity contribution in [3.63, 3.8) is 0 Å². The molecule has 0 radical (unpaired) electrons. The summed E-state index contributed by atoms with van der Waals surface area (Å²) < 4.78 is 1.68. The summed E-state index contributed by atoms with van der Waals surface area (Å²) in [6.45, 7) is 2.52. The summed E-state index contributed by atoms with van der Waals surface area (Å²) in [6, 6.07) is 3.32. The zero-order valence-corrected chi connectivity index (χ0v) is 6.90. The molecule has 1 aromatic rings. The van der Waals surface area contributed by atoms with E-state index in [1.807, 2.05) is 19.1 Å². The number of carboxylic acids is 1. The number of aromatic carboxylic acids is 1. The highest BCUT2D eigenvalue weighted by atomic mass is 16.4. The maximum absolute atomic E-state index is 10.6. The average Bonchev–Trinajstić information content (AvgIpc) is 2.48. The van der Waals surface area contributed by atoms with E-state index in [4.69, 9.17) is 5.11 Å². The fraction of sp³-hybridized carbons (Fsp3) is 0.222. The standard InChI is InChI=1S/C9H11NO2/c1-2-3-6-10-7-4-5-8(10)9(11)12/h2-5,7H,6H2,1H3,(H,11,12). The second kappa shape index (κ2) is 3.76. The van der Waals surface area contributed by atoms with E-state index in [9.17, 15) is 4.79 Å². The second-order valence-corrected chi connectivity index (χ2v) is 2.42. The third-order valence-electron chi connectivity index (χ3n) is 1.59. The lowest BCUT2D eigenvalue weighted by molar-refractivity contribution is 0.0686. The first-order chi connectivity index (χ1) is 5.75.